The quantitative estimate of drug-likeness (QED) is 0.351. The van der Waals surface area contributed by atoms with Crippen LogP contribution in [0.25, 0.3) is 0 Å². The first-order valence-electron chi connectivity index (χ1n) is 10.9. The Bertz CT molecular complexity index is 1320. The minimum absolute atomic E-state index is 0.0711. The second-order valence-corrected chi connectivity index (χ2v) is 9.80. The van der Waals surface area contributed by atoms with E-state index in [1.54, 1.807) is 51.1 Å². The number of carbonyl (C=O) groups is 3. The predicted molar refractivity (Wildman–Crippen MR) is 134 cm³/mol. The van der Waals surface area contributed by atoms with E-state index in [0.29, 0.717) is 11.3 Å². The van der Waals surface area contributed by atoms with Crippen molar-refractivity contribution in [3.63, 3.8) is 0 Å². The Kier molecular flexibility index (Phi) is 8.02. The molecule has 3 amide bonds. The van der Waals surface area contributed by atoms with Crippen LogP contribution in [0.4, 0.5) is 5.69 Å². The van der Waals surface area contributed by atoms with Crippen molar-refractivity contribution >= 4 is 34.7 Å². The first-order chi connectivity index (χ1) is 16.6. The molecular formula is C24H27N5O5S. The molecule has 0 spiro atoms. The first-order valence-corrected chi connectivity index (χ1v) is 11.8. The standard InChI is InChI=1S/C24H27N5O5S/c1-24(2,3)22(33)28-16-8-6-15(7-9-16)19(30)25-10-11-26-20(31)18-13-27-23(34)29(21(18)32)14-17-5-4-12-35-17/h4-9,12-13H,10-11,14H2,1-3H3,(H,25,30)(H,26,31)(H,27,34)(H,28,33). The Morgan fingerprint density at radius 3 is 2.23 bits per heavy atom. The van der Waals surface area contributed by atoms with E-state index >= 15 is 0 Å². The number of aromatic amines is 1. The maximum atomic E-state index is 12.6. The van der Waals surface area contributed by atoms with Gasteiger partial charge in [-0.3, -0.25) is 23.7 Å². The number of benzene rings is 1. The molecule has 3 aromatic rings. The third kappa shape index (κ3) is 6.76. The van der Waals surface area contributed by atoms with Crippen LogP contribution in [-0.4, -0.2) is 40.4 Å². The number of aromatic nitrogens is 2. The second-order valence-electron chi connectivity index (χ2n) is 8.77. The third-order valence-corrected chi connectivity index (χ3v) is 5.84. The number of anilines is 1. The Balaban J connectivity index is 1.51. The topological polar surface area (TPSA) is 142 Å². The van der Waals surface area contributed by atoms with Gasteiger partial charge in [0.2, 0.25) is 5.91 Å². The van der Waals surface area contributed by atoms with Gasteiger partial charge in [0, 0.05) is 40.8 Å². The van der Waals surface area contributed by atoms with Crippen LogP contribution in [0.1, 0.15) is 46.4 Å². The van der Waals surface area contributed by atoms with Gasteiger partial charge < -0.3 is 20.9 Å². The lowest BCUT2D eigenvalue weighted by atomic mass is 9.95. The van der Waals surface area contributed by atoms with Crippen molar-refractivity contribution in [3.05, 3.63) is 84.8 Å². The molecule has 0 aliphatic heterocycles. The first kappa shape index (κ1) is 25.6. The van der Waals surface area contributed by atoms with Crippen LogP contribution in [0, 0.1) is 5.41 Å². The minimum Gasteiger partial charge on any atom is -0.350 e. The molecular weight excluding hydrogens is 470 g/mol. The van der Waals surface area contributed by atoms with Crippen molar-refractivity contribution in [1.29, 1.82) is 0 Å². The molecule has 1 aromatic carbocycles. The lowest BCUT2D eigenvalue weighted by Crippen LogP contribution is -2.42. The van der Waals surface area contributed by atoms with Gasteiger partial charge in [-0.05, 0) is 35.7 Å². The smallest absolute Gasteiger partial charge is 0.328 e. The van der Waals surface area contributed by atoms with Crippen molar-refractivity contribution in [1.82, 2.24) is 20.2 Å². The molecule has 0 saturated heterocycles. The van der Waals surface area contributed by atoms with Crippen molar-refractivity contribution in [2.24, 2.45) is 5.41 Å². The fourth-order valence-electron chi connectivity index (χ4n) is 2.95. The number of rotatable bonds is 8. The summed E-state index contributed by atoms with van der Waals surface area (Å²) in [6.45, 7) is 5.69. The molecule has 0 bridgehead atoms. The molecule has 0 aliphatic carbocycles. The van der Waals surface area contributed by atoms with E-state index in [0.717, 1.165) is 15.6 Å². The van der Waals surface area contributed by atoms with Crippen LogP contribution in [-0.2, 0) is 11.3 Å². The van der Waals surface area contributed by atoms with E-state index in [1.807, 2.05) is 11.4 Å². The number of carbonyl (C=O) groups excluding carboxylic acids is 3. The number of hydrogen-bond donors (Lipinski definition) is 4. The van der Waals surface area contributed by atoms with E-state index in [1.165, 1.54) is 11.3 Å². The summed E-state index contributed by atoms with van der Waals surface area (Å²) in [5, 5.41) is 9.85. The Labute approximate surface area is 205 Å². The van der Waals surface area contributed by atoms with Gasteiger partial charge in [0.25, 0.3) is 17.4 Å². The van der Waals surface area contributed by atoms with Crippen LogP contribution in [0.5, 0.6) is 0 Å². The zero-order valence-electron chi connectivity index (χ0n) is 19.6. The van der Waals surface area contributed by atoms with Gasteiger partial charge in [-0.15, -0.1) is 11.3 Å². The average Bonchev–Trinajstić information content (AvgIpc) is 3.32. The third-order valence-electron chi connectivity index (χ3n) is 4.98. The Morgan fingerprint density at radius 1 is 0.971 bits per heavy atom. The normalized spacial score (nSPS) is 11.1. The Morgan fingerprint density at radius 2 is 1.63 bits per heavy atom. The molecule has 2 aromatic heterocycles. The highest BCUT2D eigenvalue weighted by Gasteiger charge is 2.21. The minimum atomic E-state index is -0.692. The summed E-state index contributed by atoms with van der Waals surface area (Å²) in [4.78, 5) is 64.7. The molecule has 184 valence electrons. The number of thiophene rings is 1. The molecule has 0 radical (unpaired) electrons. The highest BCUT2D eigenvalue weighted by Crippen LogP contribution is 2.17. The fourth-order valence-corrected chi connectivity index (χ4v) is 3.64. The maximum Gasteiger partial charge on any atom is 0.328 e. The summed E-state index contributed by atoms with van der Waals surface area (Å²) < 4.78 is 0.968. The zero-order valence-corrected chi connectivity index (χ0v) is 20.5. The highest BCUT2D eigenvalue weighted by atomic mass is 32.1. The summed E-state index contributed by atoms with van der Waals surface area (Å²) in [6, 6.07) is 10.0. The van der Waals surface area contributed by atoms with Gasteiger partial charge in [0.15, 0.2) is 0 Å². The van der Waals surface area contributed by atoms with Gasteiger partial charge >= 0.3 is 5.69 Å². The van der Waals surface area contributed by atoms with Gasteiger partial charge in [-0.25, -0.2) is 4.79 Å². The van der Waals surface area contributed by atoms with Crippen LogP contribution in [0.3, 0.4) is 0 Å². The molecule has 35 heavy (non-hydrogen) atoms. The molecule has 0 saturated carbocycles. The summed E-state index contributed by atoms with van der Waals surface area (Å²) in [7, 11) is 0. The van der Waals surface area contributed by atoms with E-state index in [2.05, 4.69) is 20.9 Å². The molecule has 4 N–H and O–H groups in total. The molecule has 0 atom stereocenters. The number of nitrogens with zero attached hydrogens (tertiary/aromatic N) is 1. The lowest BCUT2D eigenvalue weighted by molar-refractivity contribution is -0.123. The molecule has 0 unspecified atom stereocenters. The molecule has 3 rings (SSSR count). The summed E-state index contributed by atoms with van der Waals surface area (Å²) in [5.74, 6) is -1.14. The van der Waals surface area contributed by atoms with Crippen molar-refractivity contribution < 1.29 is 14.4 Å². The lowest BCUT2D eigenvalue weighted by Gasteiger charge is -2.17. The molecule has 0 fully saturated rings. The molecule has 2 heterocycles. The van der Waals surface area contributed by atoms with Crippen LogP contribution in [0.2, 0.25) is 0 Å². The largest absolute Gasteiger partial charge is 0.350 e. The van der Waals surface area contributed by atoms with Crippen molar-refractivity contribution in [3.8, 4) is 0 Å². The van der Waals surface area contributed by atoms with Crippen LogP contribution in [0.15, 0.2) is 57.6 Å². The summed E-state index contributed by atoms with van der Waals surface area (Å²) >= 11 is 1.40. The van der Waals surface area contributed by atoms with E-state index in [9.17, 15) is 24.0 Å². The van der Waals surface area contributed by atoms with E-state index in [4.69, 9.17) is 0 Å². The van der Waals surface area contributed by atoms with Crippen molar-refractivity contribution in [2.75, 3.05) is 18.4 Å². The van der Waals surface area contributed by atoms with E-state index in [-0.39, 0.29) is 37.0 Å². The molecule has 0 aliphatic rings. The number of hydrogen-bond acceptors (Lipinski definition) is 6. The van der Waals surface area contributed by atoms with Gasteiger partial charge in [-0.2, -0.15) is 0 Å². The number of amides is 3. The van der Waals surface area contributed by atoms with Crippen molar-refractivity contribution in [2.45, 2.75) is 27.3 Å². The van der Waals surface area contributed by atoms with Gasteiger partial charge in [0.05, 0.1) is 6.54 Å². The highest BCUT2D eigenvalue weighted by molar-refractivity contribution is 7.09. The van der Waals surface area contributed by atoms with Crippen LogP contribution >= 0.6 is 11.3 Å². The number of nitrogens with one attached hydrogen (secondary N) is 4. The summed E-state index contributed by atoms with van der Waals surface area (Å²) in [6.07, 6.45) is 1.09. The monoisotopic (exact) mass is 497 g/mol. The maximum absolute atomic E-state index is 12.6. The van der Waals surface area contributed by atoms with E-state index < -0.39 is 22.6 Å². The Hall–Kier alpha value is -3.99. The molecule has 11 heteroatoms. The van der Waals surface area contributed by atoms with Gasteiger partial charge in [0.1, 0.15) is 5.56 Å². The SMILES string of the molecule is CC(C)(C)C(=O)Nc1ccc(C(=O)NCCNC(=O)c2c[nH]c(=O)n(Cc3cccs3)c2=O)cc1. The number of H-pyrrole nitrogens is 1. The fraction of sp³-hybridized carbons (Fsp3) is 0.292. The van der Waals surface area contributed by atoms with Crippen LogP contribution < -0.4 is 27.2 Å². The molecule has 10 nitrogen and oxygen atoms in total. The summed E-state index contributed by atoms with van der Waals surface area (Å²) in [5.41, 5.74) is -1.05. The average molecular weight is 498 g/mol. The zero-order chi connectivity index (χ0) is 25.6. The predicted octanol–water partition coefficient (Wildman–Crippen LogP) is 1.79. The second kappa shape index (κ2) is 11.0. The van der Waals surface area contributed by atoms with Gasteiger partial charge in [-0.1, -0.05) is 26.8 Å².